The van der Waals surface area contributed by atoms with Crippen LogP contribution in [0.4, 0.5) is 11.4 Å². The molecule has 1 aliphatic heterocycles. The summed E-state index contributed by atoms with van der Waals surface area (Å²) in [5.41, 5.74) is -0.442. The van der Waals surface area contributed by atoms with Crippen LogP contribution < -0.4 is 10.5 Å². The number of hydrogen-bond acceptors (Lipinski definition) is 7. The van der Waals surface area contributed by atoms with Gasteiger partial charge in [-0.1, -0.05) is 6.07 Å². The van der Waals surface area contributed by atoms with Crippen molar-refractivity contribution in [3.05, 3.63) is 28.3 Å². The summed E-state index contributed by atoms with van der Waals surface area (Å²) in [5, 5.41) is 19.0. The molecule has 22 heavy (non-hydrogen) atoms. The Labute approximate surface area is 128 Å². The average molecular weight is 330 g/mol. The number of nitrogens with one attached hydrogen (secondary N) is 1. The highest BCUT2D eigenvalue weighted by Gasteiger charge is 2.25. The van der Waals surface area contributed by atoms with Gasteiger partial charge in [0, 0.05) is 25.7 Å². The quantitative estimate of drug-likeness (QED) is 0.573. The fourth-order valence-electron chi connectivity index (χ4n) is 2.29. The molecule has 122 valence electrons. The summed E-state index contributed by atoms with van der Waals surface area (Å²) in [6.45, 7) is 2.27. The number of nitro benzene ring substituents is 1. The molecule has 1 aromatic rings. The van der Waals surface area contributed by atoms with Crippen molar-refractivity contribution in [2.75, 3.05) is 38.6 Å². The van der Waals surface area contributed by atoms with Crippen LogP contribution in [0.3, 0.4) is 0 Å². The van der Waals surface area contributed by atoms with E-state index in [4.69, 9.17) is 9.88 Å². The maximum Gasteiger partial charge on any atom is 0.293 e. The highest BCUT2D eigenvalue weighted by atomic mass is 32.2. The fraction of sp³-hybridized carbons (Fsp3) is 0.500. The van der Waals surface area contributed by atoms with Crippen molar-refractivity contribution in [3.63, 3.8) is 0 Å². The maximum absolute atomic E-state index is 11.6. The maximum atomic E-state index is 11.6. The Morgan fingerprint density at radius 2 is 2.27 bits per heavy atom. The third-order valence-corrected chi connectivity index (χ3v) is 4.31. The molecule has 0 saturated carbocycles. The number of likely N-dealkylation sites (N-methyl/N-ethyl adjacent to an activating group) is 1. The van der Waals surface area contributed by atoms with Gasteiger partial charge in [-0.05, 0) is 13.1 Å². The van der Waals surface area contributed by atoms with Crippen molar-refractivity contribution in [3.8, 4) is 0 Å². The molecule has 0 aliphatic carbocycles. The van der Waals surface area contributed by atoms with E-state index in [9.17, 15) is 18.5 Å². The number of ether oxygens (including phenoxy) is 1. The molecule has 0 bridgehead atoms. The number of para-hydroxylation sites is 1. The van der Waals surface area contributed by atoms with Crippen LogP contribution in [0, 0.1) is 10.1 Å². The number of nitro groups is 1. The van der Waals surface area contributed by atoms with Crippen LogP contribution in [0.15, 0.2) is 23.1 Å². The summed E-state index contributed by atoms with van der Waals surface area (Å²) in [7, 11) is -2.13. The van der Waals surface area contributed by atoms with E-state index >= 15 is 0 Å². The minimum atomic E-state index is -4.07. The minimum Gasteiger partial charge on any atom is -0.376 e. The van der Waals surface area contributed by atoms with E-state index < -0.39 is 14.9 Å². The van der Waals surface area contributed by atoms with Gasteiger partial charge in [-0.3, -0.25) is 10.1 Å². The van der Waals surface area contributed by atoms with E-state index in [2.05, 4.69) is 10.2 Å². The Morgan fingerprint density at radius 3 is 2.86 bits per heavy atom. The van der Waals surface area contributed by atoms with Crippen LogP contribution in [0.25, 0.3) is 0 Å². The topological polar surface area (TPSA) is 128 Å². The number of morpholine rings is 1. The number of sulfonamides is 1. The van der Waals surface area contributed by atoms with Crippen molar-refractivity contribution >= 4 is 21.4 Å². The first kappa shape index (κ1) is 16.6. The number of benzene rings is 1. The van der Waals surface area contributed by atoms with Gasteiger partial charge >= 0.3 is 0 Å². The van der Waals surface area contributed by atoms with Crippen molar-refractivity contribution in [1.29, 1.82) is 0 Å². The Morgan fingerprint density at radius 1 is 1.55 bits per heavy atom. The lowest BCUT2D eigenvalue weighted by atomic mass is 10.2. The molecule has 3 N–H and O–H groups in total. The summed E-state index contributed by atoms with van der Waals surface area (Å²) in [6, 6.07) is 3.75. The largest absolute Gasteiger partial charge is 0.376 e. The Kier molecular flexibility index (Phi) is 4.96. The second-order valence-corrected chi connectivity index (χ2v) is 6.62. The van der Waals surface area contributed by atoms with Crippen LogP contribution in [-0.4, -0.2) is 57.6 Å². The molecule has 1 fully saturated rings. The van der Waals surface area contributed by atoms with Crippen LogP contribution in [-0.2, 0) is 14.8 Å². The molecule has 0 aromatic heterocycles. The number of nitrogens with zero attached hydrogens (tertiary/aromatic N) is 2. The van der Waals surface area contributed by atoms with E-state index in [-0.39, 0.29) is 28.9 Å². The molecule has 0 spiro atoms. The second kappa shape index (κ2) is 6.57. The SMILES string of the molecule is CN1CCOC(CNc2c([N+](=O)[O-])cccc2S(N)(=O)=O)C1. The molecule has 1 aliphatic rings. The first-order valence-electron chi connectivity index (χ1n) is 6.63. The zero-order valence-electron chi connectivity index (χ0n) is 12.1. The third kappa shape index (κ3) is 3.91. The lowest BCUT2D eigenvalue weighted by Crippen LogP contribution is -2.43. The molecule has 1 atom stereocenters. The molecule has 9 nitrogen and oxygen atoms in total. The van der Waals surface area contributed by atoms with E-state index in [1.807, 2.05) is 7.05 Å². The van der Waals surface area contributed by atoms with E-state index in [0.29, 0.717) is 13.2 Å². The summed E-state index contributed by atoms with van der Waals surface area (Å²) in [5.74, 6) is 0. The van der Waals surface area contributed by atoms with Gasteiger partial charge in [-0.2, -0.15) is 0 Å². The third-order valence-electron chi connectivity index (χ3n) is 3.36. The van der Waals surface area contributed by atoms with Crippen molar-refractivity contribution in [1.82, 2.24) is 4.90 Å². The summed E-state index contributed by atoms with van der Waals surface area (Å²) < 4.78 is 28.8. The van der Waals surface area contributed by atoms with Crippen molar-refractivity contribution < 1.29 is 18.1 Å². The molecule has 2 rings (SSSR count). The van der Waals surface area contributed by atoms with Crippen LogP contribution in [0.5, 0.6) is 0 Å². The number of anilines is 1. The fourth-order valence-corrected chi connectivity index (χ4v) is 3.02. The molecule has 1 aromatic carbocycles. The van der Waals surface area contributed by atoms with Gasteiger partial charge in [0.1, 0.15) is 10.6 Å². The number of primary sulfonamides is 1. The van der Waals surface area contributed by atoms with E-state index in [1.54, 1.807) is 0 Å². The minimum absolute atomic E-state index is 0.105. The van der Waals surface area contributed by atoms with Crippen LogP contribution in [0.2, 0.25) is 0 Å². The standard InChI is InChI=1S/C12H18N4O5S/c1-15-5-6-21-9(8-15)7-14-12-10(16(17)18)3-2-4-11(12)22(13,19)20/h2-4,9,14H,5-8H2,1H3,(H2,13,19,20). The number of nitrogens with two attached hydrogens (primary N) is 1. The first-order valence-corrected chi connectivity index (χ1v) is 8.18. The Bertz CT molecular complexity index is 663. The zero-order valence-corrected chi connectivity index (χ0v) is 12.9. The Hall–Kier alpha value is -1.75. The van der Waals surface area contributed by atoms with Gasteiger partial charge < -0.3 is 15.0 Å². The molecule has 10 heteroatoms. The highest BCUT2D eigenvalue weighted by molar-refractivity contribution is 7.89. The summed E-state index contributed by atoms with van der Waals surface area (Å²) in [6.07, 6.45) is -0.188. The molecule has 0 radical (unpaired) electrons. The van der Waals surface area contributed by atoms with Gasteiger partial charge in [0.2, 0.25) is 10.0 Å². The van der Waals surface area contributed by atoms with Gasteiger partial charge in [0.05, 0.1) is 17.6 Å². The summed E-state index contributed by atoms with van der Waals surface area (Å²) >= 11 is 0. The Balaban J connectivity index is 2.26. The van der Waals surface area contributed by atoms with Gasteiger partial charge in [0.15, 0.2) is 0 Å². The zero-order chi connectivity index (χ0) is 16.3. The monoisotopic (exact) mass is 330 g/mol. The van der Waals surface area contributed by atoms with Gasteiger partial charge in [-0.15, -0.1) is 0 Å². The molecule has 1 heterocycles. The van der Waals surface area contributed by atoms with Gasteiger partial charge in [-0.25, -0.2) is 13.6 Å². The van der Waals surface area contributed by atoms with Crippen LogP contribution in [0.1, 0.15) is 0 Å². The molecule has 1 unspecified atom stereocenters. The molecular formula is C12H18N4O5S. The number of hydrogen-bond donors (Lipinski definition) is 2. The molecular weight excluding hydrogens is 312 g/mol. The normalized spacial score (nSPS) is 19.8. The van der Waals surface area contributed by atoms with Crippen molar-refractivity contribution in [2.45, 2.75) is 11.0 Å². The predicted molar refractivity (Wildman–Crippen MR) is 80.2 cm³/mol. The first-order chi connectivity index (χ1) is 10.3. The lowest BCUT2D eigenvalue weighted by Gasteiger charge is -2.30. The molecule has 1 saturated heterocycles. The van der Waals surface area contributed by atoms with Gasteiger partial charge in [0.25, 0.3) is 5.69 Å². The van der Waals surface area contributed by atoms with E-state index in [1.165, 1.54) is 18.2 Å². The number of rotatable bonds is 5. The molecule has 0 amide bonds. The lowest BCUT2D eigenvalue weighted by molar-refractivity contribution is -0.384. The van der Waals surface area contributed by atoms with Crippen LogP contribution >= 0.6 is 0 Å². The second-order valence-electron chi connectivity index (χ2n) is 5.09. The smallest absolute Gasteiger partial charge is 0.293 e. The summed E-state index contributed by atoms with van der Waals surface area (Å²) in [4.78, 5) is 12.2. The van der Waals surface area contributed by atoms with Crippen molar-refractivity contribution in [2.24, 2.45) is 5.14 Å². The van der Waals surface area contributed by atoms with E-state index in [0.717, 1.165) is 6.54 Å². The average Bonchev–Trinajstić information content (AvgIpc) is 2.43. The highest BCUT2D eigenvalue weighted by Crippen LogP contribution is 2.30. The predicted octanol–water partition coefficient (Wildman–Crippen LogP) is -0.0153.